The Morgan fingerprint density at radius 1 is 1.56 bits per heavy atom. The van der Waals surface area contributed by atoms with E-state index in [0.717, 1.165) is 5.56 Å². The van der Waals surface area contributed by atoms with Crippen molar-refractivity contribution in [2.24, 2.45) is 0 Å². The first-order valence-corrected chi connectivity index (χ1v) is 6.58. The van der Waals surface area contributed by atoms with Crippen LogP contribution in [-0.4, -0.2) is 20.5 Å². The van der Waals surface area contributed by atoms with Gasteiger partial charge >= 0.3 is 5.97 Å². The third-order valence-electron chi connectivity index (χ3n) is 2.11. The van der Waals surface area contributed by atoms with Gasteiger partial charge < -0.3 is 5.11 Å². The van der Waals surface area contributed by atoms with Crippen molar-refractivity contribution in [2.75, 3.05) is 0 Å². The van der Waals surface area contributed by atoms with Crippen molar-refractivity contribution in [3.8, 4) is 0 Å². The van der Waals surface area contributed by atoms with E-state index in [9.17, 15) is 9.00 Å². The van der Waals surface area contributed by atoms with E-state index in [1.54, 1.807) is 25.1 Å². The van der Waals surface area contributed by atoms with E-state index in [0.29, 0.717) is 10.8 Å². The summed E-state index contributed by atoms with van der Waals surface area (Å²) in [4.78, 5) is 10.5. The maximum absolute atomic E-state index is 11.8. The minimum atomic E-state index is -1.18. The Bertz CT molecular complexity index is 406. The molecule has 0 saturated carbocycles. The summed E-state index contributed by atoms with van der Waals surface area (Å²) in [5, 5.41) is 8.83. The van der Waals surface area contributed by atoms with Crippen LogP contribution >= 0.6 is 11.6 Å². The van der Waals surface area contributed by atoms with Crippen LogP contribution in [0.2, 0.25) is 5.02 Å². The molecule has 1 rings (SSSR count). The van der Waals surface area contributed by atoms with Crippen molar-refractivity contribution in [1.82, 2.24) is 0 Å². The minimum absolute atomic E-state index is 0.0762. The fraction of sp³-hybridized carbons (Fsp3) is 0.364. The Morgan fingerprint density at radius 2 is 2.25 bits per heavy atom. The van der Waals surface area contributed by atoms with Crippen molar-refractivity contribution in [3.05, 3.63) is 34.9 Å². The first-order chi connectivity index (χ1) is 7.49. The average molecular weight is 261 g/mol. The topological polar surface area (TPSA) is 54.4 Å². The number of carbonyl (C=O) groups is 1. The number of rotatable bonds is 5. The first kappa shape index (κ1) is 13.2. The molecule has 0 heterocycles. The number of carboxylic acids is 1. The zero-order valence-corrected chi connectivity index (χ0v) is 10.4. The Kier molecular flexibility index (Phi) is 4.96. The normalized spacial score (nSPS) is 14.4. The molecule has 0 amide bonds. The number of hydrogen-bond donors (Lipinski definition) is 1. The molecule has 1 N–H and O–H groups in total. The van der Waals surface area contributed by atoms with Crippen LogP contribution in [-0.2, 0) is 21.3 Å². The molecule has 0 bridgehead atoms. The third kappa shape index (κ3) is 4.33. The molecule has 0 aromatic heterocycles. The quantitative estimate of drug-likeness (QED) is 0.885. The van der Waals surface area contributed by atoms with Crippen LogP contribution < -0.4 is 0 Å². The smallest absolute Gasteiger partial charge is 0.304 e. The van der Waals surface area contributed by atoms with Crippen molar-refractivity contribution in [2.45, 2.75) is 24.3 Å². The van der Waals surface area contributed by atoms with E-state index >= 15 is 0 Å². The van der Waals surface area contributed by atoms with Crippen LogP contribution in [0.4, 0.5) is 0 Å². The van der Waals surface area contributed by atoms with Crippen LogP contribution in [0.25, 0.3) is 0 Å². The maximum Gasteiger partial charge on any atom is 0.304 e. The van der Waals surface area contributed by atoms with Crippen LogP contribution in [0.1, 0.15) is 18.9 Å². The fourth-order valence-electron chi connectivity index (χ4n) is 1.27. The molecule has 2 unspecified atom stereocenters. The molecule has 0 aliphatic rings. The van der Waals surface area contributed by atoms with Crippen molar-refractivity contribution >= 4 is 28.4 Å². The number of hydrogen-bond acceptors (Lipinski definition) is 2. The summed E-state index contributed by atoms with van der Waals surface area (Å²) in [6.07, 6.45) is -0.0762. The van der Waals surface area contributed by atoms with Crippen LogP contribution in [0, 0.1) is 0 Å². The van der Waals surface area contributed by atoms with E-state index in [2.05, 4.69) is 0 Å². The highest BCUT2D eigenvalue weighted by Crippen LogP contribution is 2.14. The summed E-state index contributed by atoms with van der Waals surface area (Å²) in [5.41, 5.74) is 0.864. The van der Waals surface area contributed by atoms with Crippen LogP contribution in [0.15, 0.2) is 24.3 Å². The lowest BCUT2D eigenvalue weighted by atomic mass is 10.2. The largest absolute Gasteiger partial charge is 0.481 e. The molecule has 1 aromatic rings. The summed E-state index contributed by atoms with van der Waals surface area (Å²) in [6, 6.07) is 7.11. The predicted molar refractivity (Wildman–Crippen MR) is 65.0 cm³/mol. The summed E-state index contributed by atoms with van der Waals surface area (Å²) in [7, 11) is -1.18. The van der Waals surface area contributed by atoms with Crippen molar-refractivity contribution < 1.29 is 14.1 Å². The van der Waals surface area contributed by atoms with Gasteiger partial charge in [0.1, 0.15) is 0 Å². The van der Waals surface area contributed by atoms with E-state index in [1.807, 2.05) is 6.07 Å². The molecule has 2 atom stereocenters. The van der Waals surface area contributed by atoms with Gasteiger partial charge in [-0.05, 0) is 17.7 Å². The molecule has 5 heteroatoms. The fourth-order valence-corrected chi connectivity index (χ4v) is 2.61. The number of benzene rings is 1. The SMILES string of the molecule is CC(CC(=O)O)S(=O)Cc1cccc(Cl)c1. The number of aliphatic carboxylic acids is 1. The molecule has 0 saturated heterocycles. The average Bonchev–Trinajstić information content (AvgIpc) is 2.16. The second-order valence-corrected chi connectivity index (χ2v) is 5.85. The Labute approximate surface area is 102 Å². The maximum atomic E-state index is 11.8. The van der Waals surface area contributed by atoms with Gasteiger partial charge in [-0.3, -0.25) is 9.00 Å². The van der Waals surface area contributed by atoms with Crippen molar-refractivity contribution in [3.63, 3.8) is 0 Å². The molecule has 3 nitrogen and oxygen atoms in total. The summed E-state index contributed by atoms with van der Waals surface area (Å²) >= 11 is 5.80. The Hall–Kier alpha value is -0.870. The summed E-state index contributed by atoms with van der Waals surface area (Å²) in [6.45, 7) is 1.68. The summed E-state index contributed by atoms with van der Waals surface area (Å²) < 4.78 is 11.8. The molecule has 0 aliphatic carbocycles. The van der Waals surface area contributed by atoms with E-state index in [4.69, 9.17) is 16.7 Å². The molecular formula is C11H13ClO3S. The molecule has 16 heavy (non-hydrogen) atoms. The molecule has 0 radical (unpaired) electrons. The molecule has 88 valence electrons. The van der Waals surface area contributed by atoms with Gasteiger partial charge in [0, 0.05) is 26.8 Å². The lowest BCUT2D eigenvalue weighted by Crippen LogP contribution is -2.17. The van der Waals surface area contributed by atoms with Gasteiger partial charge in [0.15, 0.2) is 0 Å². The highest BCUT2D eigenvalue weighted by atomic mass is 35.5. The van der Waals surface area contributed by atoms with Crippen LogP contribution in [0.3, 0.4) is 0 Å². The molecule has 0 fully saturated rings. The van der Waals surface area contributed by atoms with Gasteiger partial charge in [-0.15, -0.1) is 0 Å². The molecule has 1 aromatic carbocycles. The lowest BCUT2D eigenvalue weighted by Gasteiger charge is -2.08. The first-order valence-electron chi connectivity index (χ1n) is 4.82. The van der Waals surface area contributed by atoms with Gasteiger partial charge in [0.05, 0.1) is 6.42 Å². The van der Waals surface area contributed by atoms with Gasteiger partial charge in [-0.1, -0.05) is 30.7 Å². The van der Waals surface area contributed by atoms with E-state index in [1.165, 1.54) is 0 Å². The Balaban J connectivity index is 2.60. The molecule has 0 aliphatic heterocycles. The highest BCUT2D eigenvalue weighted by Gasteiger charge is 2.15. The highest BCUT2D eigenvalue weighted by molar-refractivity contribution is 7.84. The van der Waals surface area contributed by atoms with Gasteiger partial charge in [-0.25, -0.2) is 0 Å². The zero-order chi connectivity index (χ0) is 12.1. The van der Waals surface area contributed by atoms with E-state index in [-0.39, 0.29) is 11.7 Å². The standard InChI is InChI=1S/C11H13ClO3S/c1-8(5-11(13)14)16(15)7-9-3-2-4-10(12)6-9/h2-4,6,8H,5,7H2,1H3,(H,13,14). The van der Waals surface area contributed by atoms with Crippen molar-refractivity contribution in [1.29, 1.82) is 0 Å². The number of halogens is 1. The summed E-state index contributed by atoms with van der Waals surface area (Å²) in [5.74, 6) is -0.582. The lowest BCUT2D eigenvalue weighted by molar-refractivity contribution is -0.136. The predicted octanol–water partition coefficient (Wildman–Crippen LogP) is 2.45. The monoisotopic (exact) mass is 260 g/mol. The van der Waals surface area contributed by atoms with Gasteiger partial charge in [0.25, 0.3) is 0 Å². The minimum Gasteiger partial charge on any atom is -0.481 e. The Morgan fingerprint density at radius 3 is 2.81 bits per heavy atom. The zero-order valence-electron chi connectivity index (χ0n) is 8.85. The molecule has 0 spiro atoms. The number of carboxylic acid groups (broad SMARTS) is 1. The second kappa shape index (κ2) is 6.01. The van der Waals surface area contributed by atoms with Gasteiger partial charge in [0.2, 0.25) is 0 Å². The van der Waals surface area contributed by atoms with E-state index < -0.39 is 16.8 Å². The second-order valence-electron chi connectivity index (χ2n) is 3.56. The van der Waals surface area contributed by atoms with Gasteiger partial charge in [-0.2, -0.15) is 0 Å². The third-order valence-corrected chi connectivity index (χ3v) is 4.03. The van der Waals surface area contributed by atoms with Crippen LogP contribution in [0.5, 0.6) is 0 Å². The molecular weight excluding hydrogens is 248 g/mol.